The maximum atomic E-state index is 6.18. The van der Waals surface area contributed by atoms with Crippen LogP contribution < -0.4 is 10.2 Å². The quantitative estimate of drug-likeness (QED) is 0.871. The van der Waals surface area contributed by atoms with Gasteiger partial charge in [-0.2, -0.15) is 0 Å². The summed E-state index contributed by atoms with van der Waals surface area (Å²) < 4.78 is 0. The fourth-order valence-electron chi connectivity index (χ4n) is 2.96. The average molecular weight is 296 g/mol. The largest absolute Gasteiger partial charge is 0.374 e. The molecule has 2 rings (SSSR count). The molecule has 0 spiro atoms. The van der Waals surface area contributed by atoms with Crippen LogP contribution in [0.5, 0.6) is 0 Å². The van der Waals surface area contributed by atoms with Crippen LogP contribution in [0.15, 0.2) is 18.2 Å². The molecule has 1 N–H and O–H groups in total. The van der Waals surface area contributed by atoms with Gasteiger partial charge in [-0.25, -0.2) is 0 Å². The van der Waals surface area contributed by atoms with Crippen LogP contribution in [-0.4, -0.2) is 45.2 Å². The topological polar surface area (TPSA) is 18.5 Å². The number of rotatable bonds is 6. The molecule has 112 valence electrons. The molecule has 1 fully saturated rings. The SMILES string of the molecule is CCNCc1ccc(Cl)cc1N(C)CC1CCN(C)C1. The van der Waals surface area contributed by atoms with E-state index in [1.54, 1.807) is 0 Å². The van der Waals surface area contributed by atoms with E-state index in [1.807, 2.05) is 6.07 Å². The maximum absolute atomic E-state index is 6.18. The molecule has 3 nitrogen and oxygen atoms in total. The van der Waals surface area contributed by atoms with Crippen molar-refractivity contribution < 1.29 is 0 Å². The van der Waals surface area contributed by atoms with Crippen molar-refractivity contribution in [1.29, 1.82) is 0 Å². The smallest absolute Gasteiger partial charge is 0.0426 e. The molecule has 0 radical (unpaired) electrons. The van der Waals surface area contributed by atoms with Gasteiger partial charge in [0.15, 0.2) is 0 Å². The minimum atomic E-state index is 0.760. The van der Waals surface area contributed by atoms with Crippen molar-refractivity contribution >= 4 is 17.3 Å². The predicted molar refractivity (Wildman–Crippen MR) is 87.7 cm³/mol. The third-order valence-electron chi connectivity index (χ3n) is 4.05. The van der Waals surface area contributed by atoms with Crippen LogP contribution in [0.4, 0.5) is 5.69 Å². The summed E-state index contributed by atoms with van der Waals surface area (Å²) >= 11 is 6.18. The van der Waals surface area contributed by atoms with Crippen LogP contribution in [-0.2, 0) is 6.54 Å². The molecule has 20 heavy (non-hydrogen) atoms. The van der Waals surface area contributed by atoms with E-state index in [4.69, 9.17) is 11.6 Å². The van der Waals surface area contributed by atoms with Gasteiger partial charge in [-0.05, 0) is 50.2 Å². The third kappa shape index (κ3) is 4.11. The Labute approximate surface area is 127 Å². The fraction of sp³-hybridized carbons (Fsp3) is 0.625. The van der Waals surface area contributed by atoms with Gasteiger partial charge in [-0.3, -0.25) is 0 Å². The molecule has 1 atom stereocenters. The van der Waals surface area contributed by atoms with Crippen molar-refractivity contribution in [1.82, 2.24) is 10.2 Å². The Hall–Kier alpha value is -0.770. The Bertz CT molecular complexity index is 436. The molecule has 1 saturated heterocycles. The summed E-state index contributed by atoms with van der Waals surface area (Å²) in [6, 6.07) is 6.21. The third-order valence-corrected chi connectivity index (χ3v) is 4.28. The summed E-state index contributed by atoms with van der Waals surface area (Å²) in [7, 11) is 4.38. The molecule has 1 unspecified atom stereocenters. The van der Waals surface area contributed by atoms with Gasteiger partial charge in [0.2, 0.25) is 0 Å². The van der Waals surface area contributed by atoms with Gasteiger partial charge < -0.3 is 15.1 Å². The number of likely N-dealkylation sites (tertiary alicyclic amines) is 1. The van der Waals surface area contributed by atoms with E-state index in [1.165, 1.54) is 30.8 Å². The van der Waals surface area contributed by atoms with Crippen molar-refractivity contribution in [3.05, 3.63) is 28.8 Å². The highest BCUT2D eigenvalue weighted by atomic mass is 35.5. The number of anilines is 1. The Balaban J connectivity index is 2.06. The number of benzene rings is 1. The fourth-order valence-corrected chi connectivity index (χ4v) is 3.13. The number of halogens is 1. The van der Waals surface area contributed by atoms with Gasteiger partial charge in [-0.15, -0.1) is 0 Å². The second-order valence-electron chi connectivity index (χ2n) is 5.85. The zero-order valence-electron chi connectivity index (χ0n) is 12.8. The summed E-state index contributed by atoms with van der Waals surface area (Å²) in [5.41, 5.74) is 2.58. The van der Waals surface area contributed by atoms with Gasteiger partial charge in [0, 0.05) is 37.4 Å². The van der Waals surface area contributed by atoms with E-state index >= 15 is 0 Å². The van der Waals surface area contributed by atoms with E-state index in [0.29, 0.717) is 0 Å². The molecule has 1 aromatic rings. The zero-order chi connectivity index (χ0) is 14.5. The predicted octanol–water partition coefficient (Wildman–Crippen LogP) is 2.84. The Morgan fingerprint density at radius 3 is 2.90 bits per heavy atom. The Morgan fingerprint density at radius 1 is 1.45 bits per heavy atom. The maximum Gasteiger partial charge on any atom is 0.0426 e. The van der Waals surface area contributed by atoms with Crippen LogP contribution in [0.3, 0.4) is 0 Å². The summed E-state index contributed by atoms with van der Waals surface area (Å²) in [6.07, 6.45) is 1.30. The van der Waals surface area contributed by atoms with Gasteiger partial charge >= 0.3 is 0 Å². The molecular formula is C16H26ClN3. The molecule has 1 heterocycles. The monoisotopic (exact) mass is 295 g/mol. The summed E-state index contributed by atoms with van der Waals surface area (Å²) in [6.45, 7) is 7.54. The van der Waals surface area contributed by atoms with Crippen LogP contribution >= 0.6 is 11.6 Å². The second kappa shape index (κ2) is 7.30. The number of nitrogens with one attached hydrogen (secondary N) is 1. The molecular weight excluding hydrogens is 270 g/mol. The van der Waals surface area contributed by atoms with Crippen molar-refractivity contribution in [3.63, 3.8) is 0 Å². The molecule has 0 bridgehead atoms. The van der Waals surface area contributed by atoms with Crippen LogP contribution in [0.25, 0.3) is 0 Å². The molecule has 0 amide bonds. The van der Waals surface area contributed by atoms with E-state index in [2.05, 4.69) is 48.3 Å². The zero-order valence-corrected chi connectivity index (χ0v) is 13.6. The average Bonchev–Trinajstić information content (AvgIpc) is 2.82. The highest BCUT2D eigenvalue weighted by Gasteiger charge is 2.21. The number of hydrogen-bond donors (Lipinski definition) is 1. The second-order valence-corrected chi connectivity index (χ2v) is 6.29. The minimum Gasteiger partial charge on any atom is -0.374 e. The normalized spacial score (nSPS) is 19.5. The Morgan fingerprint density at radius 2 is 2.25 bits per heavy atom. The molecule has 4 heteroatoms. The van der Waals surface area contributed by atoms with Gasteiger partial charge in [0.1, 0.15) is 0 Å². The first-order chi connectivity index (χ1) is 9.60. The number of nitrogens with zero attached hydrogens (tertiary/aromatic N) is 2. The first kappa shape index (κ1) is 15.6. The molecule has 1 aliphatic rings. The first-order valence-electron chi connectivity index (χ1n) is 7.49. The van der Waals surface area contributed by atoms with Crippen LogP contribution in [0.2, 0.25) is 5.02 Å². The molecule has 0 aliphatic carbocycles. The standard InChI is InChI=1S/C16H26ClN3/c1-4-18-10-14-5-6-15(17)9-16(14)20(3)12-13-7-8-19(2)11-13/h5-6,9,13,18H,4,7-8,10-12H2,1-3H3. The summed E-state index contributed by atoms with van der Waals surface area (Å²) in [5, 5.41) is 4.22. The lowest BCUT2D eigenvalue weighted by Crippen LogP contribution is -2.28. The highest BCUT2D eigenvalue weighted by Crippen LogP contribution is 2.26. The highest BCUT2D eigenvalue weighted by molar-refractivity contribution is 6.30. The lowest BCUT2D eigenvalue weighted by Gasteiger charge is -2.26. The molecule has 1 aliphatic heterocycles. The van der Waals surface area contributed by atoms with Gasteiger partial charge in [-0.1, -0.05) is 24.6 Å². The molecule has 0 saturated carbocycles. The van der Waals surface area contributed by atoms with Crippen molar-refractivity contribution in [2.45, 2.75) is 19.9 Å². The van der Waals surface area contributed by atoms with Crippen LogP contribution in [0, 0.1) is 5.92 Å². The lowest BCUT2D eigenvalue weighted by molar-refractivity contribution is 0.396. The van der Waals surface area contributed by atoms with Crippen molar-refractivity contribution in [2.24, 2.45) is 5.92 Å². The number of hydrogen-bond acceptors (Lipinski definition) is 3. The summed E-state index contributed by atoms with van der Waals surface area (Å²) in [4.78, 5) is 4.78. The van der Waals surface area contributed by atoms with E-state index in [-0.39, 0.29) is 0 Å². The minimum absolute atomic E-state index is 0.760. The molecule has 1 aromatic carbocycles. The van der Waals surface area contributed by atoms with Gasteiger partial charge in [0.05, 0.1) is 0 Å². The molecule has 0 aromatic heterocycles. The van der Waals surface area contributed by atoms with Crippen LogP contribution in [0.1, 0.15) is 18.9 Å². The van der Waals surface area contributed by atoms with E-state index in [9.17, 15) is 0 Å². The lowest BCUT2D eigenvalue weighted by atomic mass is 10.1. The van der Waals surface area contributed by atoms with Gasteiger partial charge in [0.25, 0.3) is 0 Å². The van der Waals surface area contributed by atoms with Crippen molar-refractivity contribution in [2.75, 3.05) is 45.2 Å². The van der Waals surface area contributed by atoms with E-state index in [0.717, 1.165) is 30.6 Å². The summed E-state index contributed by atoms with van der Waals surface area (Å²) in [5.74, 6) is 0.760. The van der Waals surface area contributed by atoms with Crippen molar-refractivity contribution in [3.8, 4) is 0 Å². The van der Waals surface area contributed by atoms with E-state index < -0.39 is 0 Å². The first-order valence-corrected chi connectivity index (χ1v) is 7.86. The Kier molecular flexibility index (Phi) is 5.70.